The zero-order valence-electron chi connectivity index (χ0n) is 19.9. The fourth-order valence-electron chi connectivity index (χ4n) is 4.64. The SMILES string of the molecule is CC(C)(C)[C@H](c1nc(-c2ccccc2)cn1Cc1ccccc1)N1C[C@@H](CN)NCCC1=O. The summed E-state index contributed by atoms with van der Waals surface area (Å²) in [5.74, 6) is 1.06. The van der Waals surface area contributed by atoms with E-state index in [4.69, 9.17) is 10.7 Å². The number of hydrogen-bond donors (Lipinski definition) is 2. The van der Waals surface area contributed by atoms with Crippen LogP contribution in [0.3, 0.4) is 0 Å². The highest BCUT2D eigenvalue weighted by molar-refractivity contribution is 5.77. The van der Waals surface area contributed by atoms with Crippen LogP contribution >= 0.6 is 0 Å². The molecule has 3 N–H and O–H groups in total. The van der Waals surface area contributed by atoms with Gasteiger partial charge in [-0.3, -0.25) is 4.79 Å². The van der Waals surface area contributed by atoms with Crippen LogP contribution in [-0.4, -0.2) is 46.0 Å². The molecule has 1 aliphatic rings. The van der Waals surface area contributed by atoms with Gasteiger partial charge in [0.1, 0.15) is 5.82 Å². The Morgan fingerprint density at radius 1 is 1.09 bits per heavy atom. The smallest absolute Gasteiger partial charge is 0.224 e. The van der Waals surface area contributed by atoms with Crippen molar-refractivity contribution in [2.75, 3.05) is 19.6 Å². The van der Waals surface area contributed by atoms with Crippen molar-refractivity contribution in [2.45, 2.75) is 45.8 Å². The number of nitrogens with zero attached hydrogens (tertiary/aromatic N) is 3. The van der Waals surface area contributed by atoms with E-state index in [0.29, 0.717) is 32.6 Å². The molecular formula is C27H35N5O. The third-order valence-corrected chi connectivity index (χ3v) is 6.24. The number of carbonyl (C=O) groups is 1. The molecule has 1 aliphatic heterocycles. The molecule has 1 fully saturated rings. The van der Waals surface area contributed by atoms with E-state index in [1.807, 2.05) is 29.2 Å². The first kappa shape index (κ1) is 23.2. The average Bonchev–Trinajstić information content (AvgIpc) is 3.11. The number of hydrogen-bond acceptors (Lipinski definition) is 4. The number of aromatic nitrogens is 2. The fraction of sp³-hybridized carbons (Fsp3) is 0.407. The van der Waals surface area contributed by atoms with Crippen LogP contribution in [0.4, 0.5) is 0 Å². The van der Waals surface area contributed by atoms with E-state index < -0.39 is 0 Å². The van der Waals surface area contributed by atoms with Gasteiger partial charge in [-0.25, -0.2) is 4.98 Å². The molecule has 2 atom stereocenters. The summed E-state index contributed by atoms with van der Waals surface area (Å²) in [5, 5.41) is 3.42. The Labute approximate surface area is 196 Å². The predicted octanol–water partition coefficient (Wildman–Crippen LogP) is 3.83. The number of rotatable bonds is 6. The summed E-state index contributed by atoms with van der Waals surface area (Å²) in [7, 11) is 0. The molecule has 174 valence electrons. The first-order chi connectivity index (χ1) is 15.9. The molecule has 0 radical (unpaired) electrons. The Kier molecular flexibility index (Phi) is 6.96. The van der Waals surface area contributed by atoms with Crippen molar-refractivity contribution >= 4 is 5.91 Å². The van der Waals surface area contributed by atoms with Crippen LogP contribution in [0, 0.1) is 5.41 Å². The summed E-state index contributed by atoms with van der Waals surface area (Å²) < 4.78 is 2.22. The number of carbonyl (C=O) groups excluding carboxylic acids is 1. The van der Waals surface area contributed by atoms with E-state index in [0.717, 1.165) is 17.1 Å². The van der Waals surface area contributed by atoms with Crippen LogP contribution in [0.25, 0.3) is 11.3 Å². The topological polar surface area (TPSA) is 76.2 Å². The van der Waals surface area contributed by atoms with E-state index in [2.05, 4.69) is 73.3 Å². The molecule has 2 aromatic carbocycles. The highest BCUT2D eigenvalue weighted by Gasteiger charge is 2.39. The molecule has 2 heterocycles. The lowest BCUT2D eigenvalue weighted by Crippen LogP contribution is -2.48. The molecule has 0 bridgehead atoms. The standard InChI is InChI=1S/C27H35N5O/c1-27(2,3)25(32-18-22(16-28)29-15-14-24(32)33)26-30-23(21-12-8-5-9-13-21)19-31(26)17-20-10-6-4-7-11-20/h4-13,19,22,25,29H,14-18,28H2,1-3H3/t22-,25+/m1/s1. The molecule has 33 heavy (non-hydrogen) atoms. The maximum Gasteiger partial charge on any atom is 0.224 e. The van der Waals surface area contributed by atoms with Crippen LogP contribution in [0.2, 0.25) is 0 Å². The van der Waals surface area contributed by atoms with Gasteiger partial charge in [0.05, 0.1) is 11.7 Å². The van der Waals surface area contributed by atoms with Crippen molar-refractivity contribution in [3.8, 4) is 11.3 Å². The van der Waals surface area contributed by atoms with Crippen molar-refractivity contribution in [1.29, 1.82) is 0 Å². The van der Waals surface area contributed by atoms with Crippen LogP contribution < -0.4 is 11.1 Å². The van der Waals surface area contributed by atoms with Crippen molar-refractivity contribution in [3.63, 3.8) is 0 Å². The van der Waals surface area contributed by atoms with E-state index in [1.54, 1.807) is 0 Å². The van der Waals surface area contributed by atoms with Crippen molar-refractivity contribution < 1.29 is 4.79 Å². The van der Waals surface area contributed by atoms with Gasteiger partial charge in [0, 0.05) is 50.4 Å². The summed E-state index contributed by atoms with van der Waals surface area (Å²) in [5.41, 5.74) is 9.00. The summed E-state index contributed by atoms with van der Waals surface area (Å²) >= 11 is 0. The van der Waals surface area contributed by atoms with Gasteiger partial charge in [0.15, 0.2) is 0 Å². The zero-order chi connectivity index (χ0) is 23.4. The lowest BCUT2D eigenvalue weighted by Gasteiger charge is -2.40. The predicted molar refractivity (Wildman–Crippen MR) is 133 cm³/mol. The van der Waals surface area contributed by atoms with E-state index in [-0.39, 0.29) is 23.4 Å². The largest absolute Gasteiger partial charge is 0.330 e. The lowest BCUT2D eigenvalue weighted by molar-refractivity contribution is -0.135. The normalized spacial score (nSPS) is 18.2. The second-order valence-corrected chi connectivity index (χ2v) is 9.92. The Morgan fingerprint density at radius 2 is 1.76 bits per heavy atom. The summed E-state index contributed by atoms with van der Waals surface area (Å²) in [6.45, 7) is 8.98. The second kappa shape index (κ2) is 9.89. The Bertz CT molecular complexity index is 1060. The van der Waals surface area contributed by atoms with Gasteiger partial charge in [0.2, 0.25) is 5.91 Å². The van der Waals surface area contributed by atoms with Crippen LogP contribution in [-0.2, 0) is 11.3 Å². The summed E-state index contributed by atoms with van der Waals surface area (Å²) in [6, 6.07) is 20.5. The third-order valence-electron chi connectivity index (χ3n) is 6.24. The lowest BCUT2D eigenvalue weighted by atomic mass is 9.84. The van der Waals surface area contributed by atoms with Gasteiger partial charge < -0.3 is 20.5 Å². The number of nitrogens with two attached hydrogens (primary N) is 1. The Morgan fingerprint density at radius 3 is 2.39 bits per heavy atom. The second-order valence-electron chi connectivity index (χ2n) is 9.92. The molecule has 0 aliphatic carbocycles. The number of nitrogens with one attached hydrogen (secondary N) is 1. The fourth-order valence-corrected chi connectivity index (χ4v) is 4.64. The first-order valence-corrected chi connectivity index (χ1v) is 11.8. The number of imidazole rings is 1. The monoisotopic (exact) mass is 445 g/mol. The van der Waals surface area contributed by atoms with Crippen molar-refractivity contribution in [3.05, 3.63) is 78.2 Å². The molecule has 0 saturated carbocycles. The third kappa shape index (κ3) is 5.34. The minimum Gasteiger partial charge on any atom is -0.330 e. The minimum atomic E-state index is -0.215. The molecule has 1 saturated heterocycles. The maximum absolute atomic E-state index is 13.3. The van der Waals surface area contributed by atoms with Crippen LogP contribution in [0.5, 0.6) is 0 Å². The molecule has 1 amide bonds. The molecule has 0 spiro atoms. The van der Waals surface area contributed by atoms with Gasteiger partial charge >= 0.3 is 0 Å². The van der Waals surface area contributed by atoms with Gasteiger partial charge in [0.25, 0.3) is 0 Å². The number of benzene rings is 2. The highest BCUT2D eigenvalue weighted by Crippen LogP contribution is 2.39. The Balaban J connectivity index is 1.83. The zero-order valence-corrected chi connectivity index (χ0v) is 19.9. The summed E-state index contributed by atoms with van der Waals surface area (Å²) in [6.07, 6.45) is 2.59. The average molecular weight is 446 g/mol. The quantitative estimate of drug-likeness (QED) is 0.605. The van der Waals surface area contributed by atoms with Gasteiger partial charge in [-0.05, 0) is 11.0 Å². The molecule has 1 aromatic heterocycles. The van der Waals surface area contributed by atoms with E-state index in [9.17, 15) is 4.79 Å². The molecule has 6 heteroatoms. The number of amides is 1. The van der Waals surface area contributed by atoms with E-state index >= 15 is 0 Å². The molecule has 0 unspecified atom stereocenters. The molecular weight excluding hydrogens is 410 g/mol. The van der Waals surface area contributed by atoms with Crippen molar-refractivity contribution in [2.24, 2.45) is 11.1 Å². The van der Waals surface area contributed by atoms with Gasteiger partial charge in [-0.15, -0.1) is 0 Å². The van der Waals surface area contributed by atoms with E-state index in [1.165, 1.54) is 5.56 Å². The van der Waals surface area contributed by atoms with Crippen LogP contribution in [0.1, 0.15) is 44.6 Å². The van der Waals surface area contributed by atoms with Gasteiger partial charge in [-0.2, -0.15) is 0 Å². The highest BCUT2D eigenvalue weighted by atomic mass is 16.2. The Hall–Kier alpha value is -2.96. The van der Waals surface area contributed by atoms with Gasteiger partial charge in [-0.1, -0.05) is 81.4 Å². The molecule has 6 nitrogen and oxygen atoms in total. The minimum absolute atomic E-state index is 0.0763. The molecule has 3 aromatic rings. The molecule has 4 rings (SSSR count). The van der Waals surface area contributed by atoms with Crippen molar-refractivity contribution in [1.82, 2.24) is 19.8 Å². The van der Waals surface area contributed by atoms with Crippen LogP contribution in [0.15, 0.2) is 66.9 Å². The summed E-state index contributed by atoms with van der Waals surface area (Å²) in [4.78, 5) is 20.5. The first-order valence-electron chi connectivity index (χ1n) is 11.8. The maximum atomic E-state index is 13.3.